The maximum atomic E-state index is 12.6. The lowest BCUT2D eigenvalue weighted by Gasteiger charge is -2.47. The third-order valence-corrected chi connectivity index (χ3v) is 5.25. The summed E-state index contributed by atoms with van der Waals surface area (Å²) in [6, 6.07) is 8.05. The monoisotopic (exact) mass is 332 g/mol. The summed E-state index contributed by atoms with van der Waals surface area (Å²) in [5, 5.41) is 1.67. The summed E-state index contributed by atoms with van der Waals surface area (Å²) >= 11 is 6.01. The molecule has 1 N–H and O–H groups in total. The normalized spacial score (nSPS) is 20.9. The van der Waals surface area contributed by atoms with E-state index in [2.05, 4.69) is 21.8 Å². The Bertz CT molecular complexity index is 729. The first kappa shape index (κ1) is 15.0. The van der Waals surface area contributed by atoms with Crippen molar-refractivity contribution in [2.75, 3.05) is 46.3 Å². The molecule has 0 bridgehead atoms. The molecule has 122 valence electrons. The summed E-state index contributed by atoms with van der Waals surface area (Å²) < 4.78 is 0. The van der Waals surface area contributed by atoms with Crippen LogP contribution in [0.1, 0.15) is 10.5 Å². The lowest BCUT2D eigenvalue weighted by Crippen LogP contribution is -2.64. The smallest absolute Gasteiger partial charge is 0.270 e. The quantitative estimate of drug-likeness (QED) is 0.913. The second-order valence-corrected chi connectivity index (χ2v) is 7.05. The van der Waals surface area contributed by atoms with E-state index in [0.717, 1.165) is 50.2 Å². The zero-order valence-electron chi connectivity index (χ0n) is 13.3. The van der Waals surface area contributed by atoms with Crippen LogP contribution in [-0.2, 0) is 0 Å². The molecule has 5 nitrogen and oxygen atoms in total. The Morgan fingerprint density at radius 3 is 2.65 bits per heavy atom. The summed E-state index contributed by atoms with van der Waals surface area (Å²) in [5.41, 5.74) is 1.60. The van der Waals surface area contributed by atoms with Crippen LogP contribution in [0.25, 0.3) is 10.9 Å². The molecule has 1 amide bonds. The fourth-order valence-electron chi connectivity index (χ4n) is 3.43. The number of benzene rings is 1. The van der Waals surface area contributed by atoms with Crippen molar-refractivity contribution >= 4 is 28.4 Å². The average Bonchev–Trinajstić information content (AvgIpc) is 2.90. The van der Waals surface area contributed by atoms with Crippen LogP contribution < -0.4 is 0 Å². The number of likely N-dealkylation sites (tertiary alicyclic amines) is 1. The van der Waals surface area contributed by atoms with E-state index in [1.165, 1.54) is 0 Å². The molecule has 1 aromatic heterocycles. The van der Waals surface area contributed by atoms with Crippen LogP contribution in [0.15, 0.2) is 24.3 Å². The van der Waals surface area contributed by atoms with Crippen molar-refractivity contribution in [3.63, 3.8) is 0 Å². The minimum absolute atomic E-state index is 0.0858. The first-order valence-electron chi connectivity index (χ1n) is 8.10. The van der Waals surface area contributed by atoms with Crippen molar-refractivity contribution in [2.45, 2.75) is 6.04 Å². The highest BCUT2D eigenvalue weighted by atomic mass is 35.5. The molecular weight excluding hydrogens is 312 g/mol. The van der Waals surface area contributed by atoms with Gasteiger partial charge in [0.25, 0.3) is 5.91 Å². The Hall–Kier alpha value is -1.56. The van der Waals surface area contributed by atoms with Gasteiger partial charge in [0.2, 0.25) is 0 Å². The molecule has 0 atom stereocenters. The van der Waals surface area contributed by atoms with Crippen molar-refractivity contribution in [1.82, 2.24) is 19.7 Å². The third kappa shape index (κ3) is 2.84. The Morgan fingerprint density at radius 2 is 1.91 bits per heavy atom. The van der Waals surface area contributed by atoms with Gasteiger partial charge in [-0.1, -0.05) is 11.6 Å². The first-order valence-corrected chi connectivity index (χ1v) is 8.48. The van der Waals surface area contributed by atoms with Gasteiger partial charge in [-0.05, 0) is 31.3 Å². The van der Waals surface area contributed by atoms with E-state index in [1.54, 1.807) is 0 Å². The lowest BCUT2D eigenvalue weighted by molar-refractivity contribution is 0.0107. The molecule has 2 aromatic rings. The Labute approximate surface area is 140 Å². The van der Waals surface area contributed by atoms with Gasteiger partial charge in [-0.3, -0.25) is 9.69 Å². The average molecular weight is 333 g/mol. The van der Waals surface area contributed by atoms with Gasteiger partial charge in [-0.15, -0.1) is 0 Å². The minimum Gasteiger partial charge on any atom is -0.351 e. The molecule has 23 heavy (non-hydrogen) atoms. The highest BCUT2D eigenvalue weighted by Gasteiger charge is 2.36. The number of piperazine rings is 1. The number of nitrogens with one attached hydrogen (secondary N) is 1. The fourth-order valence-corrected chi connectivity index (χ4v) is 3.61. The van der Waals surface area contributed by atoms with Crippen molar-refractivity contribution in [3.8, 4) is 0 Å². The standard InChI is InChI=1S/C17H21ClN4O/c1-20-4-6-21(7-5-20)14-10-22(11-14)17(23)16-9-12-8-13(18)2-3-15(12)19-16/h2-3,8-9,14,19H,4-7,10-11H2,1H3. The zero-order valence-corrected chi connectivity index (χ0v) is 14.0. The summed E-state index contributed by atoms with van der Waals surface area (Å²) in [4.78, 5) is 22.6. The number of H-pyrrole nitrogens is 1. The van der Waals surface area contributed by atoms with E-state index < -0.39 is 0 Å². The minimum atomic E-state index is 0.0858. The van der Waals surface area contributed by atoms with Gasteiger partial charge in [-0.25, -0.2) is 0 Å². The predicted octanol–water partition coefficient (Wildman–Crippen LogP) is 1.89. The SMILES string of the molecule is CN1CCN(C2CN(C(=O)c3cc4cc(Cl)ccc4[nH]3)C2)CC1. The summed E-state index contributed by atoms with van der Waals surface area (Å²) in [5.74, 6) is 0.0858. The number of fused-ring (bicyclic) bond motifs is 1. The van der Waals surface area contributed by atoms with Crippen LogP contribution in [0.3, 0.4) is 0 Å². The number of amides is 1. The number of carbonyl (C=O) groups excluding carboxylic acids is 1. The second kappa shape index (κ2) is 5.82. The molecular formula is C17H21ClN4O. The first-order chi connectivity index (χ1) is 11.1. The van der Waals surface area contributed by atoms with Crippen molar-refractivity contribution in [1.29, 1.82) is 0 Å². The van der Waals surface area contributed by atoms with Gasteiger partial charge < -0.3 is 14.8 Å². The van der Waals surface area contributed by atoms with Gasteiger partial charge in [0.15, 0.2) is 0 Å². The number of likely N-dealkylation sites (N-methyl/N-ethyl adjacent to an activating group) is 1. The van der Waals surface area contributed by atoms with Gasteiger partial charge in [0.05, 0.1) is 0 Å². The third-order valence-electron chi connectivity index (χ3n) is 5.02. The Balaban J connectivity index is 1.40. The molecule has 4 rings (SSSR count). The lowest BCUT2D eigenvalue weighted by atomic mass is 10.1. The van der Waals surface area contributed by atoms with Crippen molar-refractivity contribution in [3.05, 3.63) is 35.0 Å². The molecule has 2 saturated heterocycles. The maximum Gasteiger partial charge on any atom is 0.270 e. The van der Waals surface area contributed by atoms with E-state index >= 15 is 0 Å². The van der Waals surface area contributed by atoms with Crippen LogP contribution in [0, 0.1) is 0 Å². The zero-order chi connectivity index (χ0) is 16.0. The molecule has 2 aliphatic heterocycles. The van der Waals surface area contributed by atoms with E-state index in [0.29, 0.717) is 16.8 Å². The number of aromatic amines is 1. The Kier molecular flexibility index (Phi) is 3.79. The van der Waals surface area contributed by atoms with E-state index in [9.17, 15) is 4.79 Å². The van der Waals surface area contributed by atoms with Crippen LogP contribution in [-0.4, -0.2) is 77.9 Å². The summed E-state index contributed by atoms with van der Waals surface area (Å²) in [6.07, 6.45) is 0. The second-order valence-electron chi connectivity index (χ2n) is 6.62. The molecule has 1 aromatic carbocycles. The number of hydrogen-bond acceptors (Lipinski definition) is 3. The van der Waals surface area contributed by atoms with Crippen LogP contribution in [0.4, 0.5) is 0 Å². The molecule has 2 aliphatic rings. The highest BCUT2D eigenvalue weighted by molar-refractivity contribution is 6.31. The molecule has 3 heterocycles. The maximum absolute atomic E-state index is 12.6. The number of aromatic nitrogens is 1. The molecule has 2 fully saturated rings. The Morgan fingerprint density at radius 1 is 1.17 bits per heavy atom. The van der Waals surface area contributed by atoms with Crippen molar-refractivity contribution < 1.29 is 4.79 Å². The number of nitrogens with zero attached hydrogens (tertiary/aromatic N) is 3. The molecule has 6 heteroatoms. The predicted molar refractivity (Wildman–Crippen MR) is 92.1 cm³/mol. The van der Waals surface area contributed by atoms with Crippen LogP contribution in [0.5, 0.6) is 0 Å². The summed E-state index contributed by atoms with van der Waals surface area (Å²) in [6.45, 7) is 6.11. The molecule has 0 aliphatic carbocycles. The van der Waals surface area contributed by atoms with Gasteiger partial charge in [0, 0.05) is 61.2 Å². The van der Waals surface area contributed by atoms with E-state index in [-0.39, 0.29) is 5.91 Å². The fraction of sp³-hybridized carbons (Fsp3) is 0.471. The number of carbonyl (C=O) groups is 1. The van der Waals surface area contributed by atoms with E-state index in [1.807, 2.05) is 29.2 Å². The van der Waals surface area contributed by atoms with Crippen LogP contribution >= 0.6 is 11.6 Å². The highest BCUT2D eigenvalue weighted by Crippen LogP contribution is 2.23. The van der Waals surface area contributed by atoms with Crippen molar-refractivity contribution in [2.24, 2.45) is 0 Å². The van der Waals surface area contributed by atoms with Gasteiger partial charge >= 0.3 is 0 Å². The molecule has 0 unspecified atom stereocenters. The molecule has 0 saturated carbocycles. The number of halogens is 1. The number of hydrogen-bond donors (Lipinski definition) is 1. The summed E-state index contributed by atoms with van der Waals surface area (Å²) in [7, 11) is 2.16. The van der Waals surface area contributed by atoms with Crippen LogP contribution in [0.2, 0.25) is 5.02 Å². The molecule has 0 radical (unpaired) electrons. The van der Waals surface area contributed by atoms with Gasteiger partial charge in [-0.2, -0.15) is 0 Å². The number of rotatable bonds is 2. The topological polar surface area (TPSA) is 42.6 Å². The van der Waals surface area contributed by atoms with E-state index in [4.69, 9.17) is 11.6 Å². The largest absolute Gasteiger partial charge is 0.351 e. The van der Waals surface area contributed by atoms with Gasteiger partial charge in [0.1, 0.15) is 5.69 Å². The molecule has 0 spiro atoms.